The summed E-state index contributed by atoms with van der Waals surface area (Å²) in [4.78, 5) is 0. The normalized spacial score (nSPS) is 18.4. The number of hydrogen-bond donors (Lipinski definition) is 1. The quantitative estimate of drug-likeness (QED) is 0.699. The molecule has 2 unspecified atom stereocenters. The van der Waals surface area contributed by atoms with Gasteiger partial charge in [0.2, 0.25) is 0 Å². The Morgan fingerprint density at radius 1 is 1.42 bits per heavy atom. The van der Waals surface area contributed by atoms with Crippen LogP contribution in [0.1, 0.15) is 41.0 Å². The number of nitrogens with zero attached hydrogens (tertiary/aromatic N) is 1. The zero-order valence-corrected chi connectivity index (χ0v) is 8.81. The Labute approximate surface area is 76.0 Å². The summed E-state index contributed by atoms with van der Waals surface area (Å²) in [6, 6.07) is 2.71. The van der Waals surface area contributed by atoms with Crippen molar-refractivity contribution in [3.05, 3.63) is 0 Å². The van der Waals surface area contributed by atoms with Gasteiger partial charge in [-0.05, 0) is 26.7 Å². The molecular formula is C10H20N2. The van der Waals surface area contributed by atoms with Crippen molar-refractivity contribution in [1.82, 2.24) is 5.32 Å². The van der Waals surface area contributed by atoms with Gasteiger partial charge < -0.3 is 0 Å². The summed E-state index contributed by atoms with van der Waals surface area (Å²) in [5.74, 6) is 0.393. The van der Waals surface area contributed by atoms with Gasteiger partial charge in [-0.25, -0.2) is 0 Å². The van der Waals surface area contributed by atoms with Crippen molar-refractivity contribution in [2.24, 2.45) is 5.92 Å². The first-order valence-electron chi connectivity index (χ1n) is 4.65. The molecule has 2 nitrogen and oxygen atoms in total. The Balaban J connectivity index is 4.36. The molecular weight excluding hydrogens is 148 g/mol. The molecule has 0 fully saturated rings. The summed E-state index contributed by atoms with van der Waals surface area (Å²) in [5, 5.41) is 12.3. The Kier molecular flexibility index (Phi) is 4.26. The maximum atomic E-state index is 9.02. The molecule has 0 aliphatic heterocycles. The van der Waals surface area contributed by atoms with Gasteiger partial charge in [-0.15, -0.1) is 0 Å². The third-order valence-corrected chi connectivity index (χ3v) is 2.42. The van der Waals surface area contributed by atoms with Crippen LogP contribution in [0.5, 0.6) is 0 Å². The molecule has 0 aliphatic carbocycles. The Morgan fingerprint density at radius 3 is 2.17 bits per heavy atom. The zero-order valence-electron chi connectivity index (χ0n) is 8.81. The smallest absolute Gasteiger partial charge is 0.106 e. The lowest BCUT2D eigenvalue weighted by Gasteiger charge is -2.31. The molecule has 0 rings (SSSR count). The minimum atomic E-state index is -0.372. The van der Waals surface area contributed by atoms with Crippen molar-refractivity contribution in [3.63, 3.8) is 0 Å². The fourth-order valence-corrected chi connectivity index (χ4v) is 1.29. The third kappa shape index (κ3) is 2.83. The third-order valence-electron chi connectivity index (χ3n) is 2.42. The molecule has 1 N–H and O–H groups in total. The van der Waals surface area contributed by atoms with E-state index in [1.54, 1.807) is 0 Å². The zero-order chi connectivity index (χ0) is 9.78. The minimum absolute atomic E-state index is 0.364. The van der Waals surface area contributed by atoms with Crippen LogP contribution in [0, 0.1) is 17.2 Å². The van der Waals surface area contributed by atoms with Crippen LogP contribution >= 0.6 is 0 Å². The second kappa shape index (κ2) is 4.47. The van der Waals surface area contributed by atoms with Gasteiger partial charge in [0.15, 0.2) is 0 Å². The molecule has 12 heavy (non-hydrogen) atoms. The molecule has 0 amide bonds. The monoisotopic (exact) mass is 168 g/mol. The van der Waals surface area contributed by atoms with E-state index in [1.165, 1.54) is 0 Å². The van der Waals surface area contributed by atoms with Gasteiger partial charge in [0.05, 0.1) is 6.07 Å². The lowest BCUT2D eigenvalue weighted by atomic mass is 9.86. The summed E-state index contributed by atoms with van der Waals surface area (Å²) in [5.41, 5.74) is -0.372. The Hall–Kier alpha value is -0.550. The van der Waals surface area contributed by atoms with Crippen LogP contribution in [0.25, 0.3) is 0 Å². The molecule has 0 bridgehead atoms. The van der Waals surface area contributed by atoms with Crippen LogP contribution in [0.3, 0.4) is 0 Å². The van der Waals surface area contributed by atoms with E-state index < -0.39 is 0 Å². The van der Waals surface area contributed by atoms with Crippen LogP contribution in [0.15, 0.2) is 0 Å². The minimum Gasteiger partial charge on any atom is -0.297 e. The maximum absolute atomic E-state index is 9.02. The largest absolute Gasteiger partial charge is 0.297 e. The summed E-state index contributed by atoms with van der Waals surface area (Å²) in [7, 11) is 0. The average molecular weight is 168 g/mol. The van der Waals surface area contributed by atoms with E-state index in [2.05, 4.69) is 39.1 Å². The van der Waals surface area contributed by atoms with E-state index in [0.717, 1.165) is 6.42 Å². The first-order valence-corrected chi connectivity index (χ1v) is 4.65. The van der Waals surface area contributed by atoms with Crippen LogP contribution in [0.2, 0.25) is 0 Å². The Morgan fingerprint density at radius 2 is 1.92 bits per heavy atom. The van der Waals surface area contributed by atoms with E-state index in [0.29, 0.717) is 12.0 Å². The fourth-order valence-electron chi connectivity index (χ4n) is 1.29. The van der Waals surface area contributed by atoms with Crippen molar-refractivity contribution in [1.29, 1.82) is 5.26 Å². The SMILES string of the molecule is CCC(C)C(C)(C#N)NC(C)C. The highest BCUT2D eigenvalue weighted by Crippen LogP contribution is 2.19. The molecule has 0 heterocycles. The Bertz CT molecular complexity index is 169. The summed E-state index contributed by atoms with van der Waals surface area (Å²) in [6.07, 6.45) is 1.03. The number of nitriles is 1. The highest BCUT2D eigenvalue weighted by molar-refractivity contribution is 5.07. The topological polar surface area (TPSA) is 35.8 Å². The second-order valence-electron chi connectivity index (χ2n) is 3.92. The van der Waals surface area contributed by atoms with E-state index in [1.807, 2.05) is 6.92 Å². The number of rotatable bonds is 4. The lowest BCUT2D eigenvalue weighted by Crippen LogP contribution is -2.49. The molecule has 0 saturated heterocycles. The molecule has 2 atom stereocenters. The van der Waals surface area contributed by atoms with Crippen molar-refractivity contribution < 1.29 is 0 Å². The molecule has 0 aromatic heterocycles. The van der Waals surface area contributed by atoms with E-state index in [-0.39, 0.29) is 5.54 Å². The van der Waals surface area contributed by atoms with Crippen LogP contribution in [-0.4, -0.2) is 11.6 Å². The van der Waals surface area contributed by atoms with E-state index in [4.69, 9.17) is 5.26 Å². The van der Waals surface area contributed by atoms with Gasteiger partial charge in [-0.1, -0.05) is 20.3 Å². The molecule has 0 saturated carbocycles. The van der Waals surface area contributed by atoms with Crippen molar-refractivity contribution in [3.8, 4) is 6.07 Å². The summed E-state index contributed by atoms with van der Waals surface area (Å²) in [6.45, 7) is 10.3. The van der Waals surface area contributed by atoms with Gasteiger partial charge in [0, 0.05) is 6.04 Å². The van der Waals surface area contributed by atoms with Gasteiger partial charge in [-0.2, -0.15) is 5.26 Å². The summed E-state index contributed by atoms with van der Waals surface area (Å²) < 4.78 is 0. The van der Waals surface area contributed by atoms with Gasteiger partial charge in [-0.3, -0.25) is 5.32 Å². The molecule has 0 aromatic carbocycles. The highest BCUT2D eigenvalue weighted by Gasteiger charge is 2.29. The molecule has 0 aromatic rings. The van der Waals surface area contributed by atoms with Crippen LogP contribution < -0.4 is 5.32 Å². The predicted octanol–water partition coefficient (Wildman–Crippen LogP) is 2.31. The highest BCUT2D eigenvalue weighted by atomic mass is 15.0. The average Bonchev–Trinajstić information content (AvgIpc) is 2.01. The van der Waals surface area contributed by atoms with Gasteiger partial charge in [0.25, 0.3) is 0 Å². The number of nitrogens with one attached hydrogen (secondary N) is 1. The second-order valence-corrected chi connectivity index (χ2v) is 3.92. The number of hydrogen-bond acceptors (Lipinski definition) is 2. The van der Waals surface area contributed by atoms with Crippen molar-refractivity contribution >= 4 is 0 Å². The van der Waals surface area contributed by atoms with Crippen LogP contribution in [-0.2, 0) is 0 Å². The standard InChI is InChI=1S/C10H20N2/c1-6-9(4)10(5,7-11)12-8(2)3/h8-9,12H,6H2,1-5H3. The molecule has 0 spiro atoms. The fraction of sp³-hybridized carbons (Fsp3) is 0.900. The van der Waals surface area contributed by atoms with Gasteiger partial charge >= 0.3 is 0 Å². The predicted molar refractivity (Wildman–Crippen MR) is 51.7 cm³/mol. The molecule has 2 heteroatoms. The van der Waals surface area contributed by atoms with Gasteiger partial charge in [0.1, 0.15) is 5.54 Å². The molecule has 0 radical (unpaired) electrons. The first-order chi connectivity index (χ1) is 5.46. The maximum Gasteiger partial charge on any atom is 0.106 e. The lowest BCUT2D eigenvalue weighted by molar-refractivity contribution is 0.289. The molecule has 70 valence electrons. The van der Waals surface area contributed by atoms with Crippen molar-refractivity contribution in [2.45, 2.75) is 52.6 Å². The van der Waals surface area contributed by atoms with E-state index >= 15 is 0 Å². The molecule has 0 aliphatic rings. The first kappa shape index (κ1) is 11.4. The summed E-state index contributed by atoms with van der Waals surface area (Å²) >= 11 is 0. The van der Waals surface area contributed by atoms with E-state index in [9.17, 15) is 0 Å². The van der Waals surface area contributed by atoms with Crippen molar-refractivity contribution in [2.75, 3.05) is 0 Å². The van der Waals surface area contributed by atoms with Crippen LogP contribution in [0.4, 0.5) is 0 Å².